The number of aromatic nitrogens is 2. The SMILES string of the molecule is COc1cc(OCCOCCNc2oc(-c3cc(Cl)cc(Cl)c3Cl)nc2C#N)ccn1. The van der Waals surface area contributed by atoms with Gasteiger partial charge in [0.05, 0.1) is 35.9 Å². The van der Waals surface area contributed by atoms with Crippen LogP contribution in [0.2, 0.25) is 15.1 Å². The Kier molecular flexibility index (Phi) is 8.20. The van der Waals surface area contributed by atoms with Crippen LogP contribution in [-0.4, -0.2) is 43.4 Å². The Hall–Kier alpha value is -2.70. The number of methoxy groups -OCH3 is 1. The minimum Gasteiger partial charge on any atom is -0.491 e. The lowest BCUT2D eigenvalue weighted by Gasteiger charge is -2.08. The van der Waals surface area contributed by atoms with Gasteiger partial charge in [0.1, 0.15) is 18.4 Å². The first-order valence-electron chi connectivity index (χ1n) is 9.02. The molecular formula is C20H17Cl3N4O4. The van der Waals surface area contributed by atoms with E-state index in [0.29, 0.717) is 48.6 Å². The van der Waals surface area contributed by atoms with Crippen LogP contribution in [0.1, 0.15) is 5.69 Å². The summed E-state index contributed by atoms with van der Waals surface area (Å²) < 4.78 is 21.8. The second-order valence-electron chi connectivity index (χ2n) is 5.98. The molecule has 0 spiro atoms. The number of halogens is 3. The molecule has 162 valence electrons. The quantitative estimate of drug-likeness (QED) is 0.314. The van der Waals surface area contributed by atoms with Gasteiger partial charge >= 0.3 is 0 Å². The number of hydrogen-bond acceptors (Lipinski definition) is 8. The molecule has 0 saturated carbocycles. The molecule has 0 fully saturated rings. The van der Waals surface area contributed by atoms with Crippen LogP contribution < -0.4 is 14.8 Å². The van der Waals surface area contributed by atoms with Gasteiger partial charge in [-0.1, -0.05) is 34.8 Å². The number of pyridine rings is 1. The number of hydrogen-bond donors (Lipinski definition) is 1. The van der Waals surface area contributed by atoms with Crippen molar-refractivity contribution in [2.45, 2.75) is 0 Å². The van der Waals surface area contributed by atoms with E-state index < -0.39 is 0 Å². The highest BCUT2D eigenvalue weighted by Gasteiger charge is 2.18. The van der Waals surface area contributed by atoms with Crippen molar-refractivity contribution in [2.75, 3.05) is 38.8 Å². The largest absolute Gasteiger partial charge is 0.491 e. The van der Waals surface area contributed by atoms with Crippen molar-refractivity contribution in [3.8, 4) is 29.2 Å². The molecule has 31 heavy (non-hydrogen) atoms. The van der Waals surface area contributed by atoms with Crippen molar-refractivity contribution in [1.82, 2.24) is 9.97 Å². The summed E-state index contributed by atoms with van der Waals surface area (Å²) in [7, 11) is 1.54. The lowest BCUT2D eigenvalue weighted by atomic mass is 10.2. The highest BCUT2D eigenvalue weighted by atomic mass is 35.5. The second kappa shape index (κ2) is 11.1. The van der Waals surface area contributed by atoms with Gasteiger partial charge in [0.25, 0.3) is 0 Å². The Morgan fingerprint density at radius 1 is 1.16 bits per heavy atom. The van der Waals surface area contributed by atoms with Crippen LogP contribution in [0.4, 0.5) is 5.88 Å². The first-order valence-corrected chi connectivity index (χ1v) is 10.2. The smallest absolute Gasteiger partial charge is 0.232 e. The normalized spacial score (nSPS) is 10.5. The molecule has 0 radical (unpaired) electrons. The van der Waals surface area contributed by atoms with Gasteiger partial charge in [-0.25, -0.2) is 4.98 Å². The maximum atomic E-state index is 9.32. The molecule has 0 saturated heterocycles. The van der Waals surface area contributed by atoms with Gasteiger partial charge in [-0.3, -0.25) is 0 Å². The highest BCUT2D eigenvalue weighted by Crippen LogP contribution is 2.37. The van der Waals surface area contributed by atoms with Crippen LogP contribution in [0.15, 0.2) is 34.9 Å². The van der Waals surface area contributed by atoms with E-state index in [2.05, 4.69) is 15.3 Å². The van der Waals surface area contributed by atoms with Gasteiger partial charge in [0.2, 0.25) is 23.3 Å². The summed E-state index contributed by atoms with van der Waals surface area (Å²) in [5, 5.41) is 13.2. The molecule has 0 unspecified atom stereocenters. The summed E-state index contributed by atoms with van der Waals surface area (Å²) in [5.74, 6) is 1.45. The Morgan fingerprint density at radius 3 is 2.77 bits per heavy atom. The molecule has 1 aromatic carbocycles. The Morgan fingerprint density at radius 2 is 2.00 bits per heavy atom. The van der Waals surface area contributed by atoms with Crippen molar-refractivity contribution in [1.29, 1.82) is 5.26 Å². The summed E-state index contributed by atoms with van der Waals surface area (Å²) in [5.41, 5.74) is 0.474. The van der Waals surface area contributed by atoms with Crippen molar-refractivity contribution in [2.24, 2.45) is 0 Å². The monoisotopic (exact) mass is 482 g/mol. The van der Waals surface area contributed by atoms with E-state index in [9.17, 15) is 5.26 Å². The molecule has 8 nitrogen and oxygen atoms in total. The molecule has 3 rings (SSSR count). The van der Waals surface area contributed by atoms with Gasteiger partial charge in [-0.05, 0) is 18.2 Å². The zero-order chi connectivity index (χ0) is 22.2. The van der Waals surface area contributed by atoms with Crippen LogP contribution in [0.3, 0.4) is 0 Å². The molecule has 0 aliphatic heterocycles. The fourth-order valence-corrected chi connectivity index (χ4v) is 3.18. The third-order valence-electron chi connectivity index (χ3n) is 3.90. The number of benzene rings is 1. The molecule has 0 amide bonds. The van der Waals surface area contributed by atoms with E-state index in [1.807, 2.05) is 6.07 Å². The first-order chi connectivity index (χ1) is 15.0. The average molecular weight is 484 g/mol. The van der Waals surface area contributed by atoms with E-state index in [4.69, 9.17) is 53.4 Å². The van der Waals surface area contributed by atoms with Crippen molar-refractivity contribution in [3.63, 3.8) is 0 Å². The molecule has 3 aromatic rings. The zero-order valence-electron chi connectivity index (χ0n) is 16.3. The number of anilines is 1. The molecule has 2 heterocycles. The number of rotatable bonds is 10. The van der Waals surface area contributed by atoms with Crippen LogP contribution >= 0.6 is 34.8 Å². The maximum Gasteiger partial charge on any atom is 0.232 e. The van der Waals surface area contributed by atoms with E-state index >= 15 is 0 Å². The summed E-state index contributed by atoms with van der Waals surface area (Å²) >= 11 is 18.3. The van der Waals surface area contributed by atoms with Crippen LogP contribution in [0, 0.1) is 11.3 Å². The second-order valence-corrected chi connectivity index (χ2v) is 7.20. The molecule has 0 bridgehead atoms. The third kappa shape index (κ3) is 6.15. The number of nitrogens with one attached hydrogen (secondary N) is 1. The number of oxazole rings is 1. The first kappa shape index (κ1) is 23.0. The Bertz CT molecular complexity index is 1080. The summed E-state index contributed by atoms with van der Waals surface area (Å²) in [6, 6.07) is 8.46. The molecule has 11 heteroatoms. The Balaban J connectivity index is 1.48. The van der Waals surface area contributed by atoms with Gasteiger partial charge in [0, 0.05) is 23.8 Å². The van der Waals surface area contributed by atoms with E-state index in [-0.39, 0.29) is 27.5 Å². The van der Waals surface area contributed by atoms with E-state index in [0.717, 1.165) is 0 Å². The minimum atomic E-state index is 0.0807. The molecular weight excluding hydrogens is 467 g/mol. The van der Waals surface area contributed by atoms with E-state index in [1.165, 1.54) is 13.2 Å². The lowest BCUT2D eigenvalue weighted by Crippen LogP contribution is -2.13. The molecule has 0 atom stereocenters. The van der Waals surface area contributed by atoms with Crippen molar-refractivity contribution in [3.05, 3.63) is 51.2 Å². The Labute approximate surface area is 193 Å². The highest BCUT2D eigenvalue weighted by molar-refractivity contribution is 6.44. The van der Waals surface area contributed by atoms with Gasteiger partial charge in [-0.15, -0.1) is 0 Å². The number of ether oxygens (including phenoxy) is 3. The predicted octanol–water partition coefficient (Wildman–Crippen LogP) is 5.08. The summed E-state index contributed by atoms with van der Waals surface area (Å²) in [6.07, 6.45) is 1.60. The third-order valence-corrected chi connectivity index (χ3v) is 4.92. The standard InChI is InChI=1S/C20H17Cl3N4O4/c1-28-17-10-13(2-3-25-17)30-7-6-29-5-4-26-20-16(11-24)27-19(31-20)14-8-12(21)9-15(22)18(14)23/h2-3,8-10,26H,4-7H2,1H3. The molecule has 2 aromatic heterocycles. The van der Waals surface area contributed by atoms with E-state index in [1.54, 1.807) is 24.4 Å². The average Bonchev–Trinajstić information content (AvgIpc) is 3.18. The fourth-order valence-electron chi connectivity index (χ4n) is 2.49. The minimum absolute atomic E-state index is 0.0807. The molecule has 0 aliphatic rings. The van der Waals surface area contributed by atoms with Gasteiger partial charge < -0.3 is 23.9 Å². The zero-order valence-corrected chi connectivity index (χ0v) is 18.6. The van der Waals surface area contributed by atoms with Crippen LogP contribution in [0.25, 0.3) is 11.5 Å². The number of nitrogens with zero attached hydrogens (tertiary/aromatic N) is 3. The van der Waals surface area contributed by atoms with Gasteiger partial charge in [0.15, 0.2) is 0 Å². The van der Waals surface area contributed by atoms with Crippen LogP contribution in [-0.2, 0) is 4.74 Å². The maximum absolute atomic E-state index is 9.32. The number of nitriles is 1. The molecule has 1 N–H and O–H groups in total. The van der Waals surface area contributed by atoms with Crippen molar-refractivity contribution < 1.29 is 18.6 Å². The van der Waals surface area contributed by atoms with Crippen LogP contribution in [0.5, 0.6) is 11.6 Å². The predicted molar refractivity (Wildman–Crippen MR) is 117 cm³/mol. The van der Waals surface area contributed by atoms with Gasteiger partial charge in [-0.2, -0.15) is 10.2 Å². The fraction of sp³-hybridized carbons (Fsp3) is 0.250. The summed E-state index contributed by atoms with van der Waals surface area (Å²) in [4.78, 5) is 8.15. The molecule has 0 aliphatic carbocycles. The topological polar surface area (TPSA) is 102 Å². The summed E-state index contributed by atoms with van der Waals surface area (Å²) in [6.45, 7) is 1.47. The van der Waals surface area contributed by atoms with Crippen molar-refractivity contribution >= 4 is 40.7 Å². The lowest BCUT2D eigenvalue weighted by molar-refractivity contribution is 0.107.